The Labute approximate surface area is 136 Å². The number of carboxylic acid groups (broad SMARTS) is 1. The molecule has 0 amide bonds. The van der Waals surface area contributed by atoms with Gasteiger partial charge in [0, 0.05) is 11.0 Å². The van der Waals surface area contributed by atoms with Gasteiger partial charge in [0.25, 0.3) is 0 Å². The third-order valence-electron chi connectivity index (χ3n) is 5.98. The molecule has 4 unspecified atom stereocenters. The van der Waals surface area contributed by atoms with Crippen LogP contribution in [0.3, 0.4) is 0 Å². The zero-order chi connectivity index (χ0) is 17.1. The minimum absolute atomic E-state index is 0.168. The lowest BCUT2D eigenvalue weighted by atomic mass is 9.36. The van der Waals surface area contributed by atoms with Gasteiger partial charge in [0.1, 0.15) is 0 Å². The highest BCUT2D eigenvalue weighted by atomic mass is 16.5. The summed E-state index contributed by atoms with van der Waals surface area (Å²) in [4.78, 5) is 23.8. The zero-order valence-electron chi connectivity index (χ0n) is 13.8. The van der Waals surface area contributed by atoms with Gasteiger partial charge >= 0.3 is 11.9 Å². The number of nitriles is 1. The number of esters is 1. The Morgan fingerprint density at radius 3 is 2.48 bits per heavy atom. The Morgan fingerprint density at radius 2 is 1.91 bits per heavy atom. The van der Waals surface area contributed by atoms with Gasteiger partial charge in [0.05, 0.1) is 23.5 Å². The molecule has 0 aromatic heterocycles. The molecule has 4 atom stereocenters. The molecule has 0 aromatic carbocycles. The van der Waals surface area contributed by atoms with Crippen molar-refractivity contribution < 1.29 is 19.4 Å². The maximum atomic E-state index is 12.0. The van der Waals surface area contributed by atoms with Crippen LogP contribution in [0, 0.1) is 33.0 Å². The molecule has 4 bridgehead atoms. The van der Waals surface area contributed by atoms with Crippen LogP contribution in [0.1, 0.15) is 52.4 Å². The van der Waals surface area contributed by atoms with E-state index in [1.54, 1.807) is 6.92 Å². The van der Waals surface area contributed by atoms with E-state index in [1.807, 2.05) is 0 Å². The smallest absolute Gasteiger partial charge is 0.333 e. The highest BCUT2D eigenvalue weighted by Gasteiger charge is 2.69. The van der Waals surface area contributed by atoms with Crippen LogP contribution >= 0.6 is 0 Å². The van der Waals surface area contributed by atoms with Crippen LogP contribution in [0.25, 0.3) is 0 Å². The van der Waals surface area contributed by atoms with Gasteiger partial charge in [-0.25, -0.2) is 4.79 Å². The van der Waals surface area contributed by atoms with Gasteiger partial charge in [-0.2, -0.15) is 5.26 Å². The molecular weight excluding hydrogens is 294 g/mol. The Balaban J connectivity index is 1.96. The monoisotopic (exact) mass is 317 g/mol. The SMILES string of the molecule is C=C(C)C(=O)OCC12CC3(C)CC(C#N)(C1)CC(C(=O)O)(C3)C2. The lowest BCUT2D eigenvalue weighted by Crippen LogP contribution is -2.63. The highest BCUT2D eigenvalue weighted by molar-refractivity contribution is 5.87. The van der Waals surface area contributed by atoms with Crippen LogP contribution in [-0.2, 0) is 14.3 Å². The Morgan fingerprint density at radius 1 is 1.22 bits per heavy atom. The number of aliphatic carboxylic acids is 1. The van der Waals surface area contributed by atoms with Crippen molar-refractivity contribution in [2.24, 2.45) is 21.7 Å². The number of carbonyl (C=O) groups excluding carboxylic acids is 1. The molecule has 4 fully saturated rings. The van der Waals surface area contributed by atoms with Crippen LogP contribution in [0.4, 0.5) is 0 Å². The first-order valence-corrected chi connectivity index (χ1v) is 8.05. The summed E-state index contributed by atoms with van der Waals surface area (Å²) in [6.07, 6.45) is 3.75. The zero-order valence-corrected chi connectivity index (χ0v) is 13.8. The van der Waals surface area contributed by atoms with Gasteiger partial charge in [-0.1, -0.05) is 13.5 Å². The van der Waals surface area contributed by atoms with Crippen LogP contribution in [0.2, 0.25) is 0 Å². The lowest BCUT2D eigenvalue weighted by molar-refractivity contribution is -0.210. The van der Waals surface area contributed by atoms with Crippen molar-refractivity contribution in [2.75, 3.05) is 6.61 Å². The Bertz CT molecular complexity index is 650. The molecule has 4 saturated carbocycles. The molecular formula is C18H23NO4. The molecule has 124 valence electrons. The van der Waals surface area contributed by atoms with Crippen LogP contribution < -0.4 is 0 Å². The van der Waals surface area contributed by atoms with E-state index in [1.165, 1.54) is 0 Å². The van der Waals surface area contributed by atoms with Crippen molar-refractivity contribution in [1.29, 1.82) is 5.26 Å². The number of nitrogens with zero attached hydrogens (tertiary/aromatic N) is 1. The predicted octanol–water partition coefficient (Wildman–Crippen LogP) is 3.06. The van der Waals surface area contributed by atoms with Crippen LogP contribution in [0.5, 0.6) is 0 Å². The van der Waals surface area contributed by atoms with E-state index in [0.717, 1.165) is 12.8 Å². The van der Waals surface area contributed by atoms with Gasteiger partial charge in [-0.3, -0.25) is 4.79 Å². The number of hydrogen-bond donors (Lipinski definition) is 1. The Kier molecular flexibility index (Phi) is 3.20. The minimum atomic E-state index is -0.852. The van der Waals surface area contributed by atoms with Gasteiger partial charge in [0.2, 0.25) is 0 Å². The van der Waals surface area contributed by atoms with Gasteiger partial charge in [0.15, 0.2) is 0 Å². The molecule has 4 rings (SSSR count). The first-order chi connectivity index (χ1) is 10.6. The van der Waals surface area contributed by atoms with Gasteiger partial charge in [-0.15, -0.1) is 0 Å². The largest absolute Gasteiger partial charge is 0.481 e. The summed E-state index contributed by atoms with van der Waals surface area (Å²) in [5.74, 6) is -1.25. The van der Waals surface area contributed by atoms with Crippen molar-refractivity contribution in [1.82, 2.24) is 0 Å². The molecule has 5 heteroatoms. The van der Waals surface area contributed by atoms with Crippen molar-refractivity contribution in [3.8, 4) is 6.07 Å². The van der Waals surface area contributed by atoms with E-state index < -0.39 is 28.2 Å². The maximum Gasteiger partial charge on any atom is 0.333 e. The number of ether oxygens (including phenoxy) is 1. The second-order valence-corrected chi connectivity index (χ2v) is 8.71. The van der Waals surface area contributed by atoms with Crippen molar-refractivity contribution in [3.63, 3.8) is 0 Å². The molecule has 1 N–H and O–H groups in total. The third kappa shape index (κ3) is 2.36. The fraction of sp³-hybridized carbons (Fsp3) is 0.722. The van der Waals surface area contributed by atoms with Crippen molar-refractivity contribution in [2.45, 2.75) is 52.4 Å². The average molecular weight is 317 g/mol. The van der Waals surface area contributed by atoms with E-state index >= 15 is 0 Å². The fourth-order valence-corrected chi connectivity index (χ4v) is 6.21. The summed E-state index contributed by atoms with van der Waals surface area (Å²) in [5, 5.41) is 19.6. The minimum Gasteiger partial charge on any atom is -0.481 e. The summed E-state index contributed by atoms with van der Waals surface area (Å²) in [5.41, 5.74) is -1.68. The molecule has 0 saturated heterocycles. The average Bonchev–Trinajstić information content (AvgIpc) is 2.42. The number of carbonyl (C=O) groups is 2. The molecule has 23 heavy (non-hydrogen) atoms. The second kappa shape index (κ2) is 4.59. The number of carboxylic acids is 1. The summed E-state index contributed by atoms with van der Waals surface area (Å²) < 4.78 is 5.41. The maximum absolute atomic E-state index is 12.0. The molecule has 0 aromatic rings. The van der Waals surface area contributed by atoms with E-state index in [0.29, 0.717) is 31.3 Å². The third-order valence-corrected chi connectivity index (χ3v) is 5.98. The second-order valence-electron chi connectivity index (χ2n) is 8.71. The van der Waals surface area contributed by atoms with Crippen LogP contribution in [0.15, 0.2) is 12.2 Å². The van der Waals surface area contributed by atoms with Gasteiger partial charge in [-0.05, 0) is 50.9 Å². The topological polar surface area (TPSA) is 87.4 Å². The summed E-state index contributed by atoms with van der Waals surface area (Å²) >= 11 is 0. The first-order valence-electron chi connectivity index (χ1n) is 8.05. The van der Waals surface area contributed by atoms with Crippen LogP contribution in [-0.4, -0.2) is 23.7 Å². The molecule has 5 nitrogen and oxygen atoms in total. The molecule has 0 radical (unpaired) electrons. The molecule has 4 aliphatic rings. The molecule has 4 aliphatic carbocycles. The Hall–Kier alpha value is -1.83. The van der Waals surface area contributed by atoms with E-state index in [-0.39, 0.29) is 12.0 Å². The standard InChI is InChI=1S/C18H23NO4/c1-12(2)13(20)23-11-17-5-15(3)4-16(7-17,10-19)8-18(6-15,9-17)14(21)22/h1,4-9,11H2,2-3H3,(H,21,22). The number of rotatable bonds is 4. The summed E-state index contributed by atoms with van der Waals surface area (Å²) in [6, 6.07) is 2.43. The quantitative estimate of drug-likeness (QED) is 0.636. The van der Waals surface area contributed by atoms with Crippen molar-refractivity contribution >= 4 is 11.9 Å². The van der Waals surface area contributed by atoms with E-state index in [2.05, 4.69) is 19.6 Å². The highest BCUT2D eigenvalue weighted by Crippen LogP contribution is 2.73. The molecule has 0 spiro atoms. The fourth-order valence-electron chi connectivity index (χ4n) is 6.21. The lowest BCUT2D eigenvalue weighted by Gasteiger charge is -2.66. The van der Waals surface area contributed by atoms with E-state index in [4.69, 9.17) is 4.74 Å². The summed E-state index contributed by atoms with van der Waals surface area (Å²) in [7, 11) is 0. The molecule has 0 heterocycles. The first kappa shape index (κ1) is 16.0. The normalized spacial score (nSPS) is 43.7. The predicted molar refractivity (Wildman–Crippen MR) is 82.1 cm³/mol. The van der Waals surface area contributed by atoms with Crippen molar-refractivity contribution in [3.05, 3.63) is 12.2 Å². The number of hydrogen-bond acceptors (Lipinski definition) is 4. The van der Waals surface area contributed by atoms with Gasteiger partial charge < -0.3 is 9.84 Å². The van der Waals surface area contributed by atoms with E-state index in [9.17, 15) is 20.0 Å². The summed E-state index contributed by atoms with van der Waals surface area (Å²) in [6.45, 7) is 7.45. The molecule has 0 aliphatic heterocycles.